The second-order valence-electron chi connectivity index (χ2n) is 3.84. The molecule has 1 heterocycles. The molecule has 0 unspecified atom stereocenters. The molecule has 0 radical (unpaired) electrons. The maximum Gasteiger partial charge on any atom is 0.418 e. The van der Waals surface area contributed by atoms with Crippen molar-refractivity contribution in [3.8, 4) is 0 Å². The van der Waals surface area contributed by atoms with Crippen molar-refractivity contribution in [2.75, 3.05) is 18.0 Å². The molecule has 4 nitrogen and oxygen atoms in total. The van der Waals surface area contributed by atoms with Crippen LogP contribution < -0.4 is 10.2 Å². The molecule has 1 saturated heterocycles. The molecule has 0 saturated carbocycles. The zero-order chi connectivity index (χ0) is 13.3. The minimum Gasteiger partial charge on any atom is -0.352 e. The fourth-order valence-electron chi connectivity index (χ4n) is 1.80. The van der Waals surface area contributed by atoms with Crippen LogP contribution in [0.5, 0.6) is 0 Å². The lowest BCUT2D eigenvalue weighted by molar-refractivity contribution is -0.138. The number of rotatable bonds is 1. The van der Waals surface area contributed by atoms with Crippen LogP contribution >= 0.6 is 0 Å². The number of imide groups is 1. The molecule has 0 spiro atoms. The Labute approximate surface area is 100 Å². The number of benzene rings is 1. The molecule has 0 aliphatic carbocycles. The third kappa shape index (κ3) is 2.44. The van der Waals surface area contributed by atoms with E-state index in [0.717, 1.165) is 11.0 Å². The molecule has 1 aromatic carbocycles. The highest BCUT2D eigenvalue weighted by Gasteiger charge is 2.36. The lowest BCUT2D eigenvalue weighted by Gasteiger charge is -2.29. The molecule has 1 aliphatic rings. The highest BCUT2D eigenvalue weighted by Crippen LogP contribution is 2.36. The van der Waals surface area contributed by atoms with Gasteiger partial charge in [-0.3, -0.25) is 14.9 Å². The van der Waals surface area contributed by atoms with Crippen LogP contribution in [0.1, 0.15) is 5.56 Å². The SMILES string of the molecule is O=C1CN(c2ccccc2C(F)(F)F)CC(=O)N1. The average Bonchev–Trinajstić information content (AvgIpc) is 2.26. The summed E-state index contributed by atoms with van der Waals surface area (Å²) in [4.78, 5) is 23.4. The van der Waals surface area contributed by atoms with Crippen LogP contribution in [0.2, 0.25) is 0 Å². The Morgan fingerprint density at radius 3 is 2.17 bits per heavy atom. The topological polar surface area (TPSA) is 49.4 Å². The number of anilines is 1. The molecule has 1 aromatic rings. The van der Waals surface area contributed by atoms with Gasteiger partial charge in [-0.2, -0.15) is 13.2 Å². The van der Waals surface area contributed by atoms with Crippen LogP contribution in [0.4, 0.5) is 18.9 Å². The van der Waals surface area contributed by atoms with Crippen molar-refractivity contribution in [3.05, 3.63) is 29.8 Å². The lowest BCUT2D eigenvalue weighted by Crippen LogP contribution is -2.51. The second kappa shape index (κ2) is 4.32. The van der Waals surface area contributed by atoms with Gasteiger partial charge in [0.1, 0.15) is 0 Å². The number of alkyl halides is 3. The van der Waals surface area contributed by atoms with Gasteiger partial charge in [-0.1, -0.05) is 12.1 Å². The molecule has 7 heteroatoms. The highest BCUT2D eigenvalue weighted by molar-refractivity contribution is 6.02. The number of amides is 2. The largest absolute Gasteiger partial charge is 0.418 e. The maximum atomic E-state index is 12.8. The number of hydrogen-bond donors (Lipinski definition) is 1. The first kappa shape index (κ1) is 12.4. The molecule has 0 aromatic heterocycles. The van der Waals surface area contributed by atoms with Crippen molar-refractivity contribution in [1.82, 2.24) is 5.32 Å². The van der Waals surface area contributed by atoms with E-state index < -0.39 is 23.6 Å². The summed E-state index contributed by atoms with van der Waals surface area (Å²) in [5.41, 5.74) is -1.01. The third-order valence-corrected chi connectivity index (χ3v) is 2.50. The Morgan fingerprint density at radius 1 is 1.06 bits per heavy atom. The van der Waals surface area contributed by atoms with Gasteiger partial charge >= 0.3 is 6.18 Å². The Kier molecular flexibility index (Phi) is 2.98. The fourth-order valence-corrected chi connectivity index (χ4v) is 1.80. The number of hydrogen-bond acceptors (Lipinski definition) is 3. The summed E-state index contributed by atoms with van der Waals surface area (Å²) in [5.74, 6) is -1.22. The predicted octanol–water partition coefficient (Wildman–Crippen LogP) is 1.17. The highest BCUT2D eigenvalue weighted by atomic mass is 19.4. The van der Waals surface area contributed by atoms with Gasteiger partial charge in [-0.15, -0.1) is 0 Å². The van der Waals surface area contributed by atoms with Crippen molar-refractivity contribution in [2.45, 2.75) is 6.18 Å². The monoisotopic (exact) mass is 258 g/mol. The zero-order valence-corrected chi connectivity index (χ0v) is 9.12. The van der Waals surface area contributed by atoms with Gasteiger partial charge in [0, 0.05) is 5.69 Å². The van der Waals surface area contributed by atoms with Gasteiger partial charge < -0.3 is 4.90 Å². The maximum absolute atomic E-state index is 12.8. The summed E-state index contributed by atoms with van der Waals surface area (Å²) in [5, 5.41) is 2.04. The minimum absolute atomic E-state index is 0.159. The molecule has 96 valence electrons. The van der Waals surface area contributed by atoms with E-state index in [-0.39, 0.29) is 18.8 Å². The third-order valence-electron chi connectivity index (χ3n) is 2.50. The van der Waals surface area contributed by atoms with Crippen molar-refractivity contribution < 1.29 is 22.8 Å². The van der Waals surface area contributed by atoms with Crippen molar-refractivity contribution in [2.24, 2.45) is 0 Å². The van der Waals surface area contributed by atoms with Crippen LogP contribution in [0, 0.1) is 0 Å². The number of piperazine rings is 1. The predicted molar refractivity (Wildman–Crippen MR) is 56.8 cm³/mol. The van der Waals surface area contributed by atoms with Gasteiger partial charge in [-0.25, -0.2) is 0 Å². The summed E-state index contributed by atoms with van der Waals surface area (Å²) in [7, 11) is 0. The van der Waals surface area contributed by atoms with E-state index in [1.54, 1.807) is 0 Å². The first-order valence-electron chi connectivity index (χ1n) is 5.12. The number of nitrogens with one attached hydrogen (secondary N) is 1. The quantitative estimate of drug-likeness (QED) is 0.769. The van der Waals surface area contributed by atoms with E-state index in [1.807, 2.05) is 5.32 Å². The Bertz CT molecular complexity index is 483. The average molecular weight is 258 g/mol. The minimum atomic E-state index is -4.52. The first-order chi connectivity index (χ1) is 8.38. The second-order valence-corrected chi connectivity index (χ2v) is 3.84. The number of carbonyl (C=O) groups is 2. The van der Waals surface area contributed by atoms with Gasteiger partial charge in [0.15, 0.2) is 0 Å². The van der Waals surface area contributed by atoms with Crippen LogP contribution in [-0.2, 0) is 15.8 Å². The fraction of sp³-hybridized carbons (Fsp3) is 0.273. The number of nitrogens with zero attached hydrogens (tertiary/aromatic N) is 1. The molecule has 1 aliphatic heterocycles. The standard InChI is InChI=1S/C11H9F3N2O2/c12-11(13,14)7-3-1-2-4-8(7)16-5-9(17)15-10(18)6-16/h1-4H,5-6H2,(H,15,17,18). The zero-order valence-electron chi connectivity index (χ0n) is 9.12. The Hall–Kier alpha value is -2.05. The van der Waals surface area contributed by atoms with E-state index in [4.69, 9.17) is 0 Å². The van der Waals surface area contributed by atoms with Gasteiger partial charge in [0.25, 0.3) is 0 Å². The Morgan fingerprint density at radius 2 is 1.61 bits per heavy atom. The normalized spacial score (nSPS) is 16.7. The van der Waals surface area contributed by atoms with E-state index in [2.05, 4.69) is 0 Å². The number of carbonyl (C=O) groups excluding carboxylic acids is 2. The van der Waals surface area contributed by atoms with E-state index in [1.165, 1.54) is 18.2 Å². The van der Waals surface area contributed by atoms with Gasteiger partial charge in [0.05, 0.1) is 18.7 Å². The van der Waals surface area contributed by atoms with Crippen molar-refractivity contribution in [3.63, 3.8) is 0 Å². The summed E-state index contributed by atoms with van der Waals surface area (Å²) >= 11 is 0. The summed E-state index contributed by atoms with van der Waals surface area (Å²) in [6.07, 6.45) is -4.52. The van der Waals surface area contributed by atoms with Crippen LogP contribution in [0.25, 0.3) is 0 Å². The molecule has 1 N–H and O–H groups in total. The van der Waals surface area contributed by atoms with Crippen LogP contribution in [0.3, 0.4) is 0 Å². The summed E-state index contributed by atoms with van der Waals surface area (Å²) in [6, 6.07) is 4.86. The van der Waals surface area contributed by atoms with Crippen LogP contribution in [0.15, 0.2) is 24.3 Å². The lowest BCUT2D eigenvalue weighted by atomic mass is 10.1. The molecular weight excluding hydrogens is 249 g/mol. The molecule has 1 fully saturated rings. The van der Waals surface area contributed by atoms with Crippen molar-refractivity contribution >= 4 is 17.5 Å². The molecule has 18 heavy (non-hydrogen) atoms. The molecular formula is C11H9F3N2O2. The van der Waals surface area contributed by atoms with Crippen LogP contribution in [-0.4, -0.2) is 24.9 Å². The van der Waals surface area contributed by atoms with E-state index in [0.29, 0.717) is 0 Å². The first-order valence-corrected chi connectivity index (χ1v) is 5.12. The van der Waals surface area contributed by atoms with Crippen molar-refractivity contribution in [1.29, 1.82) is 0 Å². The number of halogens is 3. The number of para-hydroxylation sites is 1. The smallest absolute Gasteiger partial charge is 0.352 e. The Balaban J connectivity index is 2.39. The molecule has 0 bridgehead atoms. The van der Waals surface area contributed by atoms with E-state index in [9.17, 15) is 22.8 Å². The molecule has 2 amide bonds. The van der Waals surface area contributed by atoms with Gasteiger partial charge in [0.2, 0.25) is 11.8 Å². The van der Waals surface area contributed by atoms with Gasteiger partial charge in [-0.05, 0) is 12.1 Å². The molecule has 2 rings (SSSR count). The van der Waals surface area contributed by atoms with E-state index >= 15 is 0 Å². The summed E-state index contributed by atoms with van der Waals surface area (Å²) < 4.78 is 38.4. The summed E-state index contributed by atoms with van der Waals surface area (Å²) in [6.45, 7) is -0.530. The molecule has 0 atom stereocenters.